The number of rotatable bonds is 3. The van der Waals surface area contributed by atoms with Crippen molar-refractivity contribution >= 4 is 16.8 Å². The van der Waals surface area contributed by atoms with Gasteiger partial charge in [-0.3, -0.25) is 15.1 Å². The summed E-state index contributed by atoms with van der Waals surface area (Å²) in [5.74, 6) is 0.420. The second-order valence-corrected chi connectivity index (χ2v) is 4.32. The van der Waals surface area contributed by atoms with Gasteiger partial charge in [-0.05, 0) is 18.6 Å². The van der Waals surface area contributed by atoms with Crippen LogP contribution in [0.4, 0.5) is 5.69 Å². The van der Waals surface area contributed by atoms with E-state index in [1.807, 2.05) is 13.0 Å². The smallest absolute Gasteiger partial charge is 0.272 e. The Bertz CT molecular complexity index is 781. The highest BCUT2D eigenvalue weighted by molar-refractivity contribution is 5.82. The number of benzene rings is 1. The van der Waals surface area contributed by atoms with Crippen LogP contribution in [-0.2, 0) is 6.42 Å². The molecule has 3 rings (SSSR count). The molecule has 0 saturated carbocycles. The van der Waals surface area contributed by atoms with Crippen molar-refractivity contribution in [3.05, 3.63) is 52.3 Å². The van der Waals surface area contributed by atoms with Crippen LogP contribution in [0, 0.1) is 10.1 Å². The molecule has 0 N–H and O–H groups in total. The normalized spacial score (nSPS) is 10.8. The zero-order chi connectivity index (χ0) is 14.1. The Hall–Kier alpha value is -2.76. The lowest BCUT2D eigenvalue weighted by Crippen LogP contribution is -1.90. The number of fused-ring (bicyclic) bond motifs is 1. The monoisotopic (exact) mass is 269 g/mol. The molecule has 0 atom stereocenters. The van der Waals surface area contributed by atoms with Gasteiger partial charge in [-0.25, -0.2) is 4.98 Å². The molecule has 0 aliphatic heterocycles. The minimum atomic E-state index is -0.420. The molecule has 0 unspecified atom stereocenters. The number of aryl methyl sites for hydroxylation is 1. The Kier molecular flexibility index (Phi) is 2.90. The number of pyridine rings is 1. The molecule has 6 nitrogen and oxygen atoms in total. The minimum absolute atomic E-state index is 0.0281. The van der Waals surface area contributed by atoms with E-state index in [0.717, 1.165) is 11.1 Å². The Balaban J connectivity index is 2.22. The molecule has 0 bridgehead atoms. The van der Waals surface area contributed by atoms with E-state index in [1.165, 1.54) is 12.1 Å². The van der Waals surface area contributed by atoms with Gasteiger partial charge in [-0.2, -0.15) is 0 Å². The largest absolute Gasteiger partial charge is 0.436 e. The van der Waals surface area contributed by atoms with Gasteiger partial charge in [0.15, 0.2) is 5.58 Å². The van der Waals surface area contributed by atoms with Gasteiger partial charge in [0.05, 0.1) is 10.5 Å². The van der Waals surface area contributed by atoms with Crippen molar-refractivity contribution in [3.8, 4) is 11.5 Å². The summed E-state index contributed by atoms with van der Waals surface area (Å²) in [5, 5.41) is 10.9. The summed E-state index contributed by atoms with van der Waals surface area (Å²) < 4.78 is 5.74. The van der Waals surface area contributed by atoms with E-state index >= 15 is 0 Å². The molecule has 0 aliphatic rings. The molecule has 0 spiro atoms. The topological polar surface area (TPSA) is 82.1 Å². The number of aromatic nitrogens is 2. The highest BCUT2D eigenvalue weighted by atomic mass is 16.6. The highest BCUT2D eigenvalue weighted by Crippen LogP contribution is 2.30. The van der Waals surface area contributed by atoms with Crippen LogP contribution in [0.1, 0.15) is 12.5 Å². The third-order valence-corrected chi connectivity index (χ3v) is 3.05. The first-order chi connectivity index (χ1) is 9.69. The van der Waals surface area contributed by atoms with Crippen LogP contribution in [0.2, 0.25) is 0 Å². The molecule has 20 heavy (non-hydrogen) atoms. The lowest BCUT2D eigenvalue weighted by Gasteiger charge is -1.97. The Morgan fingerprint density at radius 3 is 2.90 bits per heavy atom. The summed E-state index contributed by atoms with van der Waals surface area (Å²) in [6.45, 7) is 1.92. The molecule has 0 fully saturated rings. The van der Waals surface area contributed by atoms with Gasteiger partial charge in [0, 0.05) is 30.1 Å². The van der Waals surface area contributed by atoms with Crippen LogP contribution in [-0.4, -0.2) is 14.9 Å². The van der Waals surface area contributed by atoms with Crippen LogP contribution in [0.15, 0.2) is 41.1 Å². The van der Waals surface area contributed by atoms with Gasteiger partial charge >= 0.3 is 0 Å². The molecule has 3 aromatic rings. The fourth-order valence-electron chi connectivity index (χ4n) is 2.07. The first-order valence-corrected chi connectivity index (χ1v) is 6.17. The number of nitro groups is 1. The highest BCUT2D eigenvalue weighted by Gasteiger charge is 2.16. The molecule has 100 valence electrons. The summed E-state index contributed by atoms with van der Waals surface area (Å²) in [5.41, 5.74) is 2.64. The third kappa shape index (κ3) is 2.01. The maximum atomic E-state index is 10.9. The van der Waals surface area contributed by atoms with Crippen LogP contribution in [0.25, 0.3) is 22.6 Å². The Morgan fingerprint density at radius 1 is 1.40 bits per heavy atom. The maximum Gasteiger partial charge on any atom is 0.272 e. The van der Waals surface area contributed by atoms with Crippen LogP contribution >= 0.6 is 0 Å². The maximum absolute atomic E-state index is 10.9. The van der Waals surface area contributed by atoms with E-state index in [4.69, 9.17) is 4.42 Å². The zero-order valence-electron chi connectivity index (χ0n) is 10.7. The van der Waals surface area contributed by atoms with E-state index in [9.17, 15) is 10.1 Å². The van der Waals surface area contributed by atoms with E-state index in [-0.39, 0.29) is 5.69 Å². The summed E-state index contributed by atoms with van der Waals surface area (Å²) in [7, 11) is 0. The minimum Gasteiger partial charge on any atom is -0.436 e. The molecule has 2 aromatic heterocycles. The van der Waals surface area contributed by atoms with E-state index in [0.29, 0.717) is 23.4 Å². The molecular weight excluding hydrogens is 258 g/mol. The van der Waals surface area contributed by atoms with Gasteiger partial charge < -0.3 is 4.42 Å². The summed E-state index contributed by atoms with van der Waals surface area (Å²) in [6, 6.07) is 6.57. The van der Waals surface area contributed by atoms with Gasteiger partial charge in [0.25, 0.3) is 5.69 Å². The summed E-state index contributed by atoms with van der Waals surface area (Å²) in [4.78, 5) is 18.8. The van der Waals surface area contributed by atoms with Gasteiger partial charge in [-0.15, -0.1) is 0 Å². The number of non-ortho nitro benzene ring substituents is 1. The molecular formula is C14H11N3O3. The lowest BCUT2D eigenvalue weighted by atomic mass is 10.1. The first-order valence-electron chi connectivity index (χ1n) is 6.17. The standard InChI is InChI=1S/C14H11N3O3/c1-2-9-6-11(17(18)19)7-12-13(9)20-14(16-12)10-4-3-5-15-8-10/h3-8H,2H2,1H3. The molecule has 0 saturated heterocycles. The quantitative estimate of drug-likeness (QED) is 0.537. The zero-order valence-corrected chi connectivity index (χ0v) is 10.7. The summed E-state index contributed by atoms with van der Waals surface area (Å²) >= 11 is 0. The second-order valence-electron chi connectivity index (χ2n) is 4.32. The molecule has 6 heteroatoms. The lowest BCUT2D eigenvalue weighted by molar-refractivity contribution is -0.384. The Labute approximate surface area is 114 Å². The predicted molar refractivity (Wildman–Crippen MR) is 73.3 cm³/mol. The van der Waals surface area contributed by atoms with E-state index in [1.54, 1.807) is 18.5 Å². The molecule has 0 amide bonds. The SMILES string of the molecule is CCc1cc([N+](=O)[O-])cc2nc(-c3cccnc3)oc12. The van der Waals surface area contributed by atoms with Crippen molar-refractivity contribution in [2.75, 3.05) is 0 Å². The average molecular weight is 269 g/mol. The van der Waals surface area contributed by atoms with E-state index < -0.39 is 4.92 Å². The average Bonchev–Trinajstić information content (AvgIpc) is 2.91. The number of nitrogens with zero attached hydrogens (tertiary/aromatic N) is 3. The second kappa shape index (κ2) is 4.73. The number of hydrogen-bond donors (Lipinski definition) is 0. The van der Waals surface area contributed by atoms with Crippen molar-refractivity contribution in [1.82, 2.24) is 9.97 Å². The first kappa shape index (κ1) is 12.3. The molecule has 2 heterocycles. The molecule has 0 aliphatic carbocycles. The van der Waals surface area contributed by atoms with Gasteiger partial charge in [0.2, 0.25) is 5.89 Å². The Morgan fingerprint density at radius 2 is 2.25 bits per heavy atom. The summed E-state index contributed by atoms with van der Waals surface area (Å²) in [6.07, 6.45) is 3.94. The van der Waals surface area contributed by atoms with Crippen molar-refractivity contribution in [2.45, 2.75) is 13.3 Å². The van der Waals surface area contributed by atoms with Gasteiger partial charge in [-0.1, -0.05) is 6.92 Å². The third-order valence-electron chi connectivity index (χ3n) is 3.05. The fraction of sp³-hybridized carbons (Fsp3) is 0.143. The van der Waals surface area contributed by atoms with Crippen LogP contribution < -0.4 is 0 Å². The molecule has 1 aromatic carbocycles. The van der Waals surface area contributed by atoms with Crippen LogP contribution in [0.5, 0.6) is 0 Å². The number of nitro benzene ring substituents is 1. The number of hydrogen-bond acceptors (Lipinski definition) is 5. The van der Waals surface area contributed by atoms with Crippen molar-refractivity contribution < 1.29 is 9.34 Å². The number of oxazole rings is 1. The van der Waals surface area contributed by atoms with Crippen LogP contribution in [0.3, 0.4) is 0 Å². The van der Waals surface area contributed by atoms with E-state index in [2.05, 4.69) is 9.97 Å². The fourth-order valence-corrected chi connectivity index (χ4v) is 2.07. The van der Waals surface area contributed by atoms with Crippen molar-refractivity contribution in [3.63, 3.8) is 0 Å². The van der Waals surface area contributed by atoms with Crippen molar-refractivity contribution in [2.24, 2.45) is 0 Å². The predicted octanol–water partition coefficient (Wildman–Crippen LogP) is 3.36. The van der Waals surface area contributed by atoms with Crippen molar-refractivity contribution in [1.29, 1.82) is 0 Å². The molecule has 0 radical (unpaired) electrons. The van der Waals surface area contributed by atoms with Gasteiger partial charge in [0.1, 0.15) is 5.52 Å².